The van der Waals surface area contributed by atoms with Gasteiger partial charge in [-0.3, -0.25) is 0 Å². The Morgan fingerprint density at radius 3 is 3.08 bits per heavy atom. The van der Waals surface area contributed by atoms with Crippen LogP contribution in [0.5, 0.6) is 0 Å². The zero-order valence-electron chi connectivity index (χ0n) is 7.75. The minimum atomic E-state index is -0.330. The van der Waals surface area contributed by atoms with Gasteiger partial charge in [0.2, 0.25) is 0 Å². The third kappa shape index (κ3) is 1.75. The number of aryl methyl sites for hydroxylation is 1. The van der Waals surface area contributed by atoms with Gasteiger partial charge in [0.15, 0.2) is 0 Å². The van der Waals surface area contributed by atoms with Crippen molar-refractivity contribution in [2.75, 3.05) is 13.2 Å². The van der Waals surface area contributed by atoms with Crippen LogP contribution < -0.4 is 5.73 Å². The Labute approximate surface area is 81.9 Å². The summed E-state index contributed by atoms with van der Waals surface area (Å²) in [6.45, 7) is 3.44. The molecule has 4 heteroatoms. The van der Waals surface area contributed by atoms with Gasteiger partial charge in [-0.15, -0.1) is 11.3 Å². The van der Waals surface area contributed by atoms with Crippen LogP contribution >= 0.6 is 11.3 Å². The molecule has 1 fully saturated rings. The van der Waals surface area contributed by atoms with Crippen LogP contribution in [-0.2, 0) is 10.3 Å². The van der Waals surface area contributed by atoms with E-state index in [-0.39, 0.29) is 5.54 Å². The first-order valence-electron chi connectivity index (χ1n) is 4.50. The normalized spacial score (nSPS) is 29.1. The van der Waals surface area contributed by atoms with Gasteiger partial charge in [-0.05, 0) is 19.8 Å². The first-order valence-corrected chi connectivity index (χ1v) is 5.38. The fourth-order valence-electron chi connectivity index (χ4n) is 1.61. The lowest BCUT2D eigenvalue weighted by Crippen LogP contribution is -2.44. The molecule has 0 spiro atoms. The topological polar surface area (TPSA) is 48.1 Å². The van der Waals surface area contributed by atoms with Crippen molar-refractivity contribution in [3.05, 3.63) is 16.1 Å². The van der Waals surface area contributed by atoms with E-state index in [1.165, 1.54) is 0 Å². The molecule has 0 radical (unpaired) electrons. The van der Waals surface area contributed by atoms with Crippen molar-refractivity contribution >= 4 is 11.3 Å². The van der Waals surface area contributed by atoms with E-state index >= 15 is 0 Å². The Morgan fingerprint density at radius 1 is 1.69 bits per heavy atom. The van der Waals surface area contributed by atoms with Gasteiger partial charge < -0.3 is 10.5 Å². The van der Waals surface area contributed by atoms with Crippen LogP contribution in [-0.4, -0.2) is 18.2 Å². The Kier molecular flexibility index (Phi) is 2.36. The van der Waals surface area contributed by atoms with E-state index in [1.807, 2.05) is 12.3 Å². The molecule has 1 aliphatic rings. The molecular formula is C9H14N2OS. The molecule has 2 N–H and O–H groups in total. The summed E-state index contributed by atoms with van der Waals surface area (Å²) in [5.41, 5.74) is 6.88. The molecule has 0 aromatic carbocycles. The van der Waals surface area contributed by atoms with E-state index in [9.17, 15) is 0 Å². The van der Waals surface area contributed by atoms with Crippen LogP contribution in [0, 0.1) is 6.92 Å². The van der Waals surface area contributed by atoms with E-state index in [0.29, 0.717) is 6.61 Å². The first kappa shape index (κ1) is 9.12. The van der Waals surface area contributed by atoms with Crippen molar-refractivity contribution in [1.29, 1.82) is 0 Å². The highest BCUT2D eigenvalue weighted by molar-refractivity contribution is 7.09. The molecule has 0 aliphatic carbocycles. The van der Waals surface area contributed by atoms with E-state index in [2.05, 4.69) is 4.98 Å². The van der Waals surface area contributed by atoms with Crippen molar-refractivity contribution in [1.82, 2.24) is 4.98 Å². The van der Waals surface area contributed by atoms with Crippen LogP contribution in [0.2, 0.25) is 0 Å². The maximum Gasteiger partial charge on any atom is 0.0898 e. The number of thiazole rings is 1. The van der Waals surface area contributed by atoms with Crippen LogP contribution in [0.3, 0.4) is 0 Å². The molecular weight excluding hydrogens is 184 g/mol. The molecule has 0 saturated carbocycles. The van der Waals surface area contributed by atoms with Gasteiger partial charge in [0.1, 0.15) is 0 Å². The predicted octanol–water partition coefficient (Wildman–Crippen LogP) is 1.42. The van der Waals surface area contributed by atoms with Crippen LogP contribution in [0.15, 0.2) is 5.38 Å². The summed E-state index contributed by atoms with van der Waals surface area (Å²) in [5.74, 6) is 0. The van der Waals surface area contributed by atoms with Crippen LogP contribution in [0.25, 0.3) is 0 Å². The molecule has 1 saturated heterocycles. The number of nitrogens with zero attached hydrogens (tertiary/aromatic N) is 1. The molecule has 0 bridgehead atoms. The Morgan fingerprint density at radius 2 is 2.54 bits per heavy atom. The molecule has 1 aromatic rings. The van der Waals surface area contributed by atoms with Crippen LogP contribution in [0.4, 0.5) is 0 Å². The fraction of sp³-hybridized carbons (Fsp3) is 0.667. The molecule has 1 aliphatic heterocycles. The van der Waals surface area contributed by atoms with Gasteiger partial charge in [-0.25, -0.2) is 4.98 Å². The van der Waals surface area contributed by atoms with E-state index < -0.39 is 0 Å². The number of aromatic nitrogens is 1. The predicted molar refractivity (Wildman–Crippen MR) is 52.8 cm³/mol. The second-order valence-electron chi connectivity index (χ2n) is 3.56. The molecule has 1 unspecified atom stereocenters. The van der Waals surface area contributed by atoms with E-state index in [1.54, 1.807) is 11.3 Å². The standard InChI is InChI=1S/C9H14N2OS/c1-7-11-8(5-13-7)9(10)3-2-4-12-6-9/h5H,2-4,6,10H2,1H3. The molecule has 0 amide bonds. The lowest BCUT2D eigenvalue weighted by atomic mass is 9.91. The fourth-order valence-corrected chi connectivity index (χ4v) is 2.33. The van der Waals surface area contributed by atoms with Gasteiger partial charge in [-0.1, -0.05) is 0 Å². The minimum Gasteiger partial charge on any atom is -0.379 e. The van der Waals surface area contributed by atoms with Crippen molar-refractivity contribution < 1.29 is 4.74 Å². The third-order valence-corrected chi connectivity index (χ3v) is 3.17. The SMILES string of the molecule is Cc1nc(C2(N)CCCOC2)cs1. The maximum atomic E-state index is 6.21. The van der Waals surface area contributed by atoms with Crippen molar-refractivity contribution in [2.24, 2.45) is 5.73 Å². The number of hydrogen-bond acceptors (Lipinski definition) is 4. The summed E-state index contributed by atoms with van der Waals surface area (Å²) in [5, 5.41) is 3.12. The summed E-state index contributed by atoms with van der Waals surface area (Å²) < 4.78 is 5.39. The number of ether oxygens (including phenoxy) is 1. The van der Waals surface area contributed by atoms with Gasteiger partial charge in [0.25, 0.3) is 0 Å². The van der Waals surface area contributed by atoms with Gasteiger partial charge in [-0.2, -0.15) is 0 Å². The summed E-state index contributed by atoms with van der Waals surface area (Å²) in [6.07, 6.45) is 2.02. The third-order valence-electron chi connectivity index (χ3n) is 2.40. The Bertz CT molecular complexity index is 292. The van der Waals surface area contributed by atoms with Crippen LogP contribution in [0.1, 0.15) is 23.5 Å². The highest BCUT2D eigenvalue weighted by Crippen LogP contribution is 2.28. The minimum absolute atomic E-state index is 0.330. The molecule has 13 heavy (non-hydrogen) atoms. The quantitative estimate of drug-likeness (QED) is 0.742. The molecule has 2 rings (SSSR count). The van der Waals surface area contributed by atoms with Crippen molar-refractivity contribution in [3.8, 4) is 0 Å². The largest absolute Gasteiger partial charge is 0.379 e. The van der Waals surface area contributed by atoms with Crippen molar-refractivity contribution in [3.63, 3.8) is 0 Å². The van der Waals surface area contributed by atoms with Gasteiger partial charge in [0, 0.05) is 12.0 Å². The average Bonchev–Trinajstić information content (AvgIpc) is 2.54. The smallest absolute Gasteiger partial charge is 0.0898 e. The average molecular weight is 198 g/mol. The second kappa shape index (κ2) is 3.36. The zero-order chi connectivity index (χ0) is 9.31. The lowest BCUT2D eigenvalue weighted by molar-refractivity contribution is 0.0351. The number of nitrogens with two attached hydrogens (primary N) is 1. The first-order chi connectivity index (χ1) is 6.21. The summed E-state index contributed by atoms with van der Waals surface area (Å²) in [7, 11) is 0. The zero-order valence-corrected chi connectivity index (χ0v) is 8.56. The highest BCUT2D eigenvalue weighted by Gasteiger charge is 2.32. The summed E-state index contributed by atoms with van der Waals surface area (Å²) >= 11 is 1.65. The van der Waals surface area contributed by atoms with E-state index in [0.717, 1.165) is 30.2 Å². The van der Waals surface area contributed by atoms with Gasteiger partial charge >= 0.3 is 0 Å². The molecule has 1 atom stereocenters. The summed E-state index contributed by atoms with van der Waals surface area (Å²) in [6, 6.07) is 0. The number of hydrogen-bond donors (Lipinski definition) is 1. The van der Waals surface area contributed by atoms with Gasteiger partial charge in [0.05, 0.1) is 22.8 Å². The molecule has 3 nitrogen and oxygen atoms in total. The maximum absolute atomic E-state index is 6.21. The monoisotopic (exact) mass is 198 g/mol. The highest BCUT2D eigenvalue weighted by atomic mass is 32.1. The Hall–Kier alpha value is -0.450. The van der Waals surface area contributed by atoms with Crippen molar-refractivity contribution in [2.45, 2.75) is 25.3 Å². The molecule has 72 valence electrons. The molecule has 1 aromatic heterocycles. The Balaban J connectivity index is 2.22. The lowest BCUT2D eigenvalue weighted by Gasteiger charge is -2.31. The number of rotatable bonds is 1. The van der Waals surface area contributed by atoms with E-state index in [4.69, 9.17) is 10.5 Å². The second-order valence-corrected chi connectivity index (χ2v) is 4.63. The molecule has 2 heterocycles. The summed E-state index contributed by atoms with van der Waals surface area (Å²) in [4.78, 5) is 4.42.